The molecular formula is C13H26O4Si. The third kappa shape index (κ3) is 3.33. The molecule has 1 saturated carbocycles. The lowest BCUT2D eigenvalue weighted by atomic mass is 9.86. The molecule has 1 saturated heterocycles. The highest BCUT2D eigenvalue weighted by Gasteiger charge is 2.46. The summed E-state index contributed by atoms with van der Waals surface area (Å²) in [4.78, 5) is 0. The van der Waals surface area contributed by atoms with Crippen molar-refractivity contribution in [3.05, 3.63) is 0 Å². The molecule has 2 fully saturated rings. The third-order valence-electron chi connectivity index (χ3n) is 4.39. The molecule has 5 heteroatoms. The van der Waals surface area contributed by atoms with E-state index in [0.29, 0.717) is 12.2 Å². The van der Waals surface area contributed by atoms with Crippen molar-refractivity contribution in [3.63, 3.8) is 0 Å². The summed E-state index contributed by atoms with van der Waals surface area (Å²) in [6.45, 7) is 0. The van der Waals surface area contributed by atoms with Crippen molar-refractivity contribution in [2.24, 2.45) is 5.92 Å². The van der Waals surface area contributed by atoms with Crippen LogP contribution in [0.25, 0.3) is 0 Å². The molecule has 0 aromatic rings. The van der Waals surface area contributed by atoms with Gasteiger partial charge >= 0.3 is 8.80 Å². The van der Waals surface area contributed by atoms with E-state index in [1.165, 1.54) is 32.1 Å². The SMILES string of the molecule is CO[Si](CCCCC1CCCC2OC12)(OC)OC. The zero-order chi connectivity index (χ0) is 13.0. The van der Waals surface area contributed by atoms with E-state index in [1.54, 1.807) is 21.3 Å². The Hall–Kier alpha value is 0.0569. The Balaban J connectivity index is 1.63. The second kappa shape index (κ2) is 6.48. The molecule has 2 aliphatic rings. The largest absolute Gasteiger partial charge is 0.500 e. The summed E-state index contributed by atoms with van der Waals surface area (Å²) in [6.07, 6.45) is 8.80. The number of rotatable bonds is 8. The van der Waals surface area contributed by atoms with Gasteiger partial charge in [-0.1, -0.05) is 12.8 Å². The van der Waals surface area contributed by atoms with Gasteiger partial charge in [-0.15, -0.1) is 0 Å². The number of fused-ring (bicyclic) bond motifs is 1. The van der Waals surface area contributed by atoms with E-state index < -0.39 is 8.80 Å². The second-order valence-corrected chi connectivity index (χ2v) is 8.46. The Morgan fingerprint density at radius 1 is 1.06 bits per heavy atom. The highest BCUT2D eigenvalue weighted by molar-refractivity contribution is 6.60. The Morgan fingerprint density at radius 3 is 2.44 bits per heavy atom. The van der Waals surface area contributed by atoms with Gasteiger partial charge in [0, 0.05) is 27.4 Å². The molecule has 3 atom stereocenters. The van der Waals surface area contributed by atoms with Crippen LogP contribution < -0.4 is 0 Å². The van der Waals surface area contributed by atoms with E-state index in [9.17, 15) is 0 Å². The van der Waals surface area contributed by atoms with Gasteiger partial charge in [0.2, 0.25) is 0 Å². The first-order valence-corrected chi connectivity index (χ1v) is 8.99. The fraction of sp³-hybridized carbons (Fsp3) is 1.00. The summed E-state index contributed by atoms with van der Waals surface area (Å²) in [5.41, 5.74) is 0. The maximum Gasteiger partial charge on any atom is 0.500 e. The third-order valence-corrected chi connectivity index (χ3v) is 7.22. The van der Waals surface area contributed by atoms with Crippen molar-refractivity contribution in [3.8, 4) is 0 Å². The zero-order valence-electron chi connectivity index (χ0n) is 11.8. The van der Waals surface area contributed by atoms with Crippen LogP contribution in [0.5, 0.6) is 0 Å². The summed E-state index contributed by atoms with van der Waals surface area (Å²) < 4.78 is 22.0. The van der Waals surface area contributed by atoms with E-state index in [1.807, 2.05) is 0 Å². The molecule has 4 nitrogen and oxygen atoms in total. The summed E-state index contributed by atoms with van der Waals surface area (Å²) in [7, 11) is 2.71. The van der Waals surface area contributed by atoms with E-state index >= 15 is 0 Å². The minimum absolute atomic E-state index is 0.591. The molecule has 18 heavy (non-hydrogen) atoms. The molecule has 0 spiro atoms. The van der Waals surface area contributed by atoms with E-state index in [4.69, 9.17) is 18.0 Å². The van der Waals surface area contributed by atoms with E-state index in [2.05, 4.69) is 0 Å². The van der Waals surface area contributed by atoms with Crippen LogP contribution in [0.15, 0.2) is 0 Å². The van der Waals surface area contributed by atoms with Crippen molar-refractivity contribution in [2.45, 2.75) is 56.8 Å². The van der Waals surface area contributed by atoms with Crippen molar-refractivity contribution < 1.29 is 18.0 Å². The minimum atomic E-state index is -2.34. The molecule has 106 valence electrons. The summed E-state index contributed by atoms with van der Waals surface area (Å²) in [5, 5.41) is 0. The molecule has 0 N–H and O–H groups in total. The first-order valence-electron chi connectivity index (χ1n) is 7.05. The van der Waals surface area contributed by atoms with Crippen molar-refractivity contribution >= 4 is 8.80 Å². The van der Waals surface area contributed by atoms with Crippen LogP contribution in [-0.4, -0.2) is 42.3 Å². The van der Waals surface area contributed by atoms with Gasteiger partial charge in [-0.25, -0.2) is 0 Å². The van der Waals surface area contributed by atoms with Crippen LogP contribution in [0.1, 0.15) is 38.5 Å². The Labute approximate surface area is 111 Å². The van der Waals surface area contributed by atoms with Gasteiger partial charge in [0.1, 0.15) is 0 Å². The number of epoxide rings is 1. The van der Waals surface area contributed by atoms with Crippen LogP contribution in [0.2, 0.25) is 6.04 Å². The molecular weight excluding hydrogens is 248 g/mol. The Bertz CT molecular complexity index is 249. The molecule has 0 aromatic carbocycles. The number of hydrogen-bond acceptors (Lipinski definition) is 4. The van der Waals surface area contributed by atoms with Crippen LogP contribution >= 0.6 is 0 Å². The zero-order valence-corrected chi connectivity index (χ0v) is 12.8. The molecule has 2 rings (SSSR count). The molecule has 1 aliphatic carbocycles. The normalized spacial score (nSPS) is 31.2. The lowest BCUT2D eigenvalue weighted by Gasteiger charge is -2.24. The van der Waals surface area contributed by atoms with Crippen LogP contribution in [-0.2, 0) is 18.0 Å². The summed E-state index contributed by atoms with van der Waals surface area (Å²) in [5.74, 6) is 0.799. The monoisotopic (exact) mass is 274 g/mol. The van der Waals surface area contributed by atoms with E-state index in [-0.39, 0.29) is 0 Å². The quantitative estimate of drug-likeness (QED) is 0.387. The fourth-order valence-corrected chi connectivity index (χ4v) is 4.96. The molecule has 0 bridgehead atoms. The number of unbranched alkanes of at least 4 members (excludes halogenated alkanes) is 1. The van der Waals surface area contributed by atoms with Crippen LogP contribution in [0.4, 0.5) is 0 Å². The Morgan fingerprint density at radius 2 is 1.78 bits per heavy atom. The maximum absolute atomic E-state index is 5.69. The summed E-state index contributed by atoms with van der Waals surface area (Å²) >= 11 is 0. The average Bonchev–Trinajstić information content (AvgIpc) is 3.20. The van der Waals surface area contributed by atoms with Gasteiger partial charge in [0.15, 0.2) is 0 Å². The molecule has 0 radical (unpaired) electrons. The fourth-order valence-electron chi connectivity index (χ4n) is 3.16. The van der Waals surface area contributed by atoms with Crippen LogP contribution in [0, 0.1) is 5.92 Å². The second-order valence-electron chi connectivity index (χ2n) is 5.37. The first-order chi connectivity index (χ1) is 8.74. The Kier molecular flexibility index (Phi) is 5.21. The van der Waals surface area contributed by atoms with Crippen molar-refractivity contribution in [1.29, 1.82) is 0 Å². The van der Waals surface area contributed by atoms with Gasteiger partial charge in [0.05, 0.1) is 12.2 Å². The molecule has 1 heterocycles. The molecule has 1 aliphatic heterocycles. The van der Waals surface area contributed by atoms with Crippen molar-refractivity contribution in [2.75, 3.05) is 21.3 Å². The number of hydrogen-bond donors (Lipinski definition) is 0. The molecule has 0 aromatic heterocycles. The van der Waals surface area contributed by atoms with Crippen molar-refractivity contribution in [1.82, 2.24) is 0 Å². The lowest BCUT2D eigenvalue weighted by Crippen LogP contribution is -2.42. The molecule has 3 unspecified atom stereocenters. The van der Waals surface area contributed by atoms with Gasteiger partial charge in [-0.05, 0) is 31.6 Å². The minimum Gasteiger partial charge on any atom is -0.377 e. The van der Waals surface area contributed by atoms with Gasteiger partial charge in [0.25, 0.3) is 0 Å². The van der Waals surface area contributed by atoms with E-state index in [0.717, 1.165) is 18.4 Å². The van der Waals surface area contributed by atoms with Gasteiger partial charge < -0.3 is 18.0 Å². The predicted octanol–water partition coefficient (Wildman–Crippen LogP) is 2.60. The average molecular weight is 274 g/mol. The topological polar surface area (TPSA) is 40.2 Å². The smallest absolute Gasteiger partial charge is 0.377 e. The first kappa shape index (κ1) is 14.5. The lowest BCUT2D eigenvalue weighted by molar-refractivity contribution is 0.122. The van der Waals surface area contributed by atoms with Gasteiger partial charge in [-0.2, -0.15) is 0 Å². The highest BCUT2D eigenvalue weighted by atomic mass is 28.4. The highest BCUT2D eigenvalue weighted by Crippen LogP contribution is 2.42. The van der Waals surface area contributed by atoms with Gasteiger partial charge in [-0.3, -0.25) is 0 Å². The number of ether oxygens (including phenoxy) is 1. The standard InChI is InChI=1S/C13H26O4Si/c1-14-18(15-2,16-3)10-5-4-7-11-8-6-9-12-13(11)17-12/h11-13H,4-10H2,1-3H3. The van der Waals surface area contributed by atoms with Crippen LogP contribution in [0.3, 0.4) is 0 Å². The summed E-state index contributed by atoms with van der Waals surface area (Å²) in [6, 6.07) is 0.915. The maximum atomic E-state index is 5.69. The molecule has 0 amide bonds. The predicted molar refractivity (Wildman–Crippen MR) is 71.4 cm³/mol.